The molecule has 1 aromatic heterocycles. The number of piperazine rings is 1. The average molecular weight is 452 g/mol. The van der Waals surface area contributed by atoms with E-state index in [-0.39, 0.29) is 15.7 Å². The number of hydrogen-bond donors (Lipinski definition) is 1. The Bertz CT molecular complexity index is 964. The topological polar surface area (TPSA) is 79.0 Å². The van der Waals surface area contributed by atoms with Gasteiger partial charge in [0, 0.05) is 44.5 Å². The maximum absolute atomic E-state index is 13.2. The number of nitrogens with zero attached hydrogens (tertiary/aromatic N) is 2. The summed E-state index contributed by atoms with van der Waals surface area (Å²) in [4.78, 5) is 15.0. The molecule has 164 valence electrons. The van der Waals surface area contributed by atoms with Crippen molar-refractivity contribution in [3.05, 3.63) is 40.6 Å². The van der Waals surface area contributed by atoms with Crippen molar-refractivity contribution >= 4 is 33.0 Å². The van der Waals surface area contributed by atoms with E-state index in [0.717, 1.165) is 17.9 Å². The lowest BCUT2D eigenvalue weighted by atomic mass is 10.1. The molecule has 1 aliphatic heterocycles. The summed E-state index contributed by atoms with van der Waals surface area (Å²) in [6.45, 7) is 6.58. The highest BCUT2D eigenvalue weighted by Gasteiger charge is 2.32. The first-order valence-corrected chi connectivity index (χ1v) is 12.4. The number of sulfonamides is 1. The summed E-state index contributed by atoms with van der Waals surface area (Å²) >= 11 is 1.17. The van der Waals surface area contributed by atoms with E-state index in [1.54, 1.807) is 12.5 Å². The van der Waals surface area contributed by atoms with Crippen molar-refractivity contribution in [3.63, 3.8) is 0 Å². The highest BCUT2D eigenvalue weighted by atomic mass is 32.2. The number of carbonyl (C=O) groups excluding carboxylic acids is 1. The van der Waals surface area contributed by atoms with Crippen LogP contribution in [-0.2, 0) is 10.0 Å². The van der Waals surface area contributed by atoms with Crippen molar-refractivity contribution in [3.8, 4) is 5.75 Å². The third-order valence-electron chi connectivity index (χ3n) is 5.12. The van der Waals surface area contributed by atoms with Crippen LogP contribution in [0.3, 0.4) is 0 Å². The summed E-state index contributed by atoms with van der Waals surface area (Å²) in [5.41, 5.74) is 1.01. The standard InChI is InChI=1S/C21H29N3O4S2/c1-16(2)7-9-22-21(25)20-19(8-14-29-20)30(26,27)24-12-10-23(11-13-24)17-5-4-6-18(15-17)28-3/h4-6,8,14-16H,7,9-13H2,1-3H3,(H,22,25). The van der Waals surface area contributed by atoms with E-state index in [0.29, 0.717) is 38.6 Å². The Morgan fingerprint density at radius 2 is 1.93 bits per heavy atom. The van der Waals surface area contributed by atoms with Gasteiger partial charge in [0.25, 0.3) is 5.91 Å². The first-order valence-electron chi connectivity index (χ1n) is 10.1. The molecular weight excluding hydrogens is 422 g/mol. The molecule has 9 heteroatoms. The molecule has 0 aliphatic carbocycles. The van der Waals surface area contributed by atoms with Crippen LogP contribution in [0.4, 0.5) is 5.69 Å². The van der Waals surface area contributed by atoms with Crippen molar-refractivity contribution in [2.45, 2.75) is 25.2 Å². The number of carbonyl (C=O) groups is 1. The van der Waals surface area contributed by atoms with Gasteiger partial charge in [0.2, 0.25) is 10.0 Å². The fourth-order valence-electron chi connectivity index (χ4n) is 3.35. The quantitative estimate of drug-likeness (QED) is 0.667. The lowest BCUT2D eigenvalue weighted by Gasteiger charge is -2.35. The van der Waals surface area contributed by atoms with Crippen LogP contribution in [0.25, 0.3) is 0 Å². The molecule has 0 atom stereocenters. The van der Waals surface area contributed by atoms with Gasteiger partial charge in [0.05, 0.1) is 7.11 Å². The maximum atomic E-state index is 13.2. The van der Waals surface area contributed by atoms with Gasteiger partial charge in [-0.05, 0) is 35.9 Å². The van der Waals surface area contributed by atoms with Crippen molar-refractivity contribution < 1.29 is 17.9 Å². The number of methoxy groups -OCH3 is 1. The smallest absolute Gasteiger partial charge is 0.262 e. The number of rotatable bonds is 8. The molecule has 7 nitrogen and oxygen atoms in total. The third kappa shape index (κ3) is 5.14. The lowest BCUT2D eigenvalue weighted by Crippen LogP contribution is -2.48. The van der Waals surface area contributed by atoms with Crippen LogP contribution < -0.4 is 15.0 Å². The minimum Gasteiger partial charge on any atom is -0.497 e. The van der Waals surface area contributed by atoms with Crippen LogP contribution in [0, 0.1) is 5.92 Å². The highest BCUT2D eigenvalue weighted by Crippen LogP contribution is 2.28. The molecule has 0 radical (unpaired) electrons. The second-order valence-corrected chi connectivity index (χ2v) is 10.5. The van der Waals surface area contributed by atoms with Gasteiger partial charge in [-0.25, -0.2) is 8.42 Å². The zero-order valence-electron chi connectivity index (χ0n) is 17.6. The molecule has 1 saturated heterocycles. The van der Waals surface area contributed by atoms with Gasteiger partial charge in [0.15, 0.2) is 0 Å². The van der Waals surface area contributed by atoms with Crippen molar-refractivity contribution in [1.82, 2.24) is 9.62 Å². The van der Waals surface area contributed by atoms with Gasteiger partial charge in [0.1, 0.15) is 15.5 Å². The average Bonchev–Trinajstić information content (AvgIpc) is 3.24. The van der Waals surface area contributed by atoms with Gasteiger partial charge in [-0.3, -0.25) is 4.79 Å². The van der Waals surface area contributed by atoms with Crippen LogP contribution in [0.1, 0.15) is 29.9 Å². The SMILES string of the molecule is COc1cccc(N2CCN(S(=O)(=O)c3ccsc3C(=O)NCCC(C)C)CC2)c1. The van der Waals surface area contributed by atoms with E-state index in [1.807, 2.05) is 24.3 Å². The Hall–Kier alpha value is -2.10. The monoisotopic (exact) mass is 451 g/mol. The minimum atomic E-state index is -3.72. The van der Waals surface area contributed by atoms with Gasteiger partial charge in [-0.2, -0.15) is 4.31 Å². The number of thiophene rings is 1. The number of benzene rings is 1. The van der Waals surface area contributed by atoms with E-state index >= 15 is 0 Å². The molecule has 0 spiro atoms. The summed E-state index contributed by atoms with van der Waals surface area (Å²) < 4.78 is 33.2. The van der Waals surface area contributed by atoms with Crippen LogP contribution in [0.15, 0.2) is 40.6 Å². The molecule has 1 N–H and O–H groups in total. The van der Waals surface area contributed by atoms with Crippen molar-refractivity contribution in [2.75, 3.05) is 44.7 Å². The van der Waals surface area contributed by atoms with E-state index in [4.69, 9.17) is 4.74 Å². The van der Waals surface area contributed by atoms with Gasteiger partial charge in [-0.1, -0.05) is 19.9 Å². The summed E-state index contributed by atoms with van der Waals surface area (Å²) in [5, 5.41) is 4.50. The Morgan fingerprint density at radius 1 is 1.20 bits per heavy atom. The molecule has 1 aliphatic rings. The van der Waals surface area contributed by atoms with Crippen LogP contribution in [0.2, 0.25) is 0 Å². The summed E-state index contributed by atoms with van der Waals surface area (Å²) in [6, 6.07) is 9.28. The van der Waals surface area contributed by atoms with Gasteiger partial charge < -0.3 is 15.0 Å². The number of amides is 1. The molecule has 1 fully saturated rings. The zero-order valence-corrected chi connectivity index (χ0v) is 19.3. The normalized spacial score (nSPS) is 15.4. The molecule has 1 amide bonds. The largest absolute Gasteiger partial charge is 0.497 e. The molecule has 3 rings (SSSR count). The Kier molecular flexibility index (Phi) is 7.38. The lowest BCUT2D eigenvalue weighted by molar-refractivity contribution is 0.0953. The maximum Gasteiger partial charge on any atom is 0.262 e. The second kappa shape index (κ2) is 9.80. The summed E-state index contributed by atoms with van der Waals surface area (Å²) in [5.74, 6) is 0.922. The first kappa shape index (κ1) is 22.6. The summed E-state index contributed by atoms with van der Waals surface area (Å²) in [6.07, 6.45) is 0.853. The molecule has 2 heterocycles. The van der Waals surface area contributed by atoms with E-state index in [1.165, 1.54) is 21.7 Å². The summed E-state index contributed by atoms with van der Waals surface area (Å²) in [7, 11) is -2.10. The molecule has 2 aromatic rings. The van der Waals surface area contributed by atoms with Gasteiger partial charge in [-0.15, -0.1) is 11.3 Å². The number of nitrogens with one attached hydrogen (secondary N) is 1. The van der Waals surface area contributed by atoms with E-state index in [9.17, 15) is 13.2 Å². The van der Waals surface area contributed by atoms with Gasteiger partial charge >= 0.3 is 0 Å². The van der Waals surface area contributed by atoms with Crippen LogP contribution in [0.5, 0.6) is 5.75 Å². The number of ether oxygens (including phenoxy) is 1. The molecule has 30 heavy (non-hydrogen) atoms. The number of hydrogen-bond acceptors (Lipinski definition) is 6. The zero-order chi connectivity index (χ0) is 21.7. The molecule has 0 unspecified atom stereocenters. The Balaban J connectivity index is 1.67. The molecular formula is C21H29N3O4S2. The fourth-order valence-corrected chi connectivity index (χ4v) is 6.09. The predicted molar refractivity (Wildman–Crippen MR) is 120 cm³/mol. The molecule has 0 bridgehead atoms. The van der Waals surface area contributed by atoms with Crippen molar-refractivity contribution in [1.29, 1.82) is 0 Å². The predicted octanol–water partition coefficient (Wildman–Crippen LogP) is 3.04. The third-order valence-corrected chi connectivity index (χ3v) is 8.10. The van der Waals surface area contributed by atoms with Crippen LogP contribution in [-0.4, -0.2) is 58.5 Å². The number of anilines is 1. The van der Waals surface area contributed by atoms with E-state index in [2.05, 4.69) is 24.1 Å². The first-order chi connectivity index (χ1) is 14.3. The van der Waals surface area contributed by atoms with Crippen LogP contribution >= 0.6 is 11.3 Å². The minimum absolute atomic E-state index is 0.101. The Labute approximate surface area is 182 Å². The second-order valence-electron chi connectivity index (χ2n) is 7.65. The fraction of sp³-hybridized carbons (Fsp3) is 0.476. The highest BCUT2D eigenvalue weighted by molar-refractivity contribution is 7.89. The van der Waals surface area contributed by atoms with E-state index < -0.39 is 10.0 Å². The van der Waals surface area contributed by atoms with Crippen molar-refractivity contribution in [2.24, 2.45) is 5.92 Å². The molecule has 0 saturated carbocycles. The molecule has 1 aromatic carbocycles. The Morgan fingerprint density at radius 3 is 2.60 bits per heavy atom.